The number of nitrogens with one attached hydrogen (secondary N) is 2. The van der Waals surface area contributed by atoms with Crippen LogP contribution in [0.5, 0.6) is 5.75 Å². The molecule has 1 unspecified atom stereocenters. The van der Waals surface area contributed by atoms with Crippen molar-refractivity contribution in [1.29, 1.82) is 5.41 Å². The molecule has 1 aromatic heterocycles. The number of nitrogens with two attached hydrogens (primary N) is 2. The first kappa shape index (κ1) is 34.2. The number of rotatable bonds is 11. The number of carbonyl (C=O) groups is 1. The minimum absolute atomic E-state index is 0.0181. The quantitative estimate of drug-likeness (QED) is 0.0821. The Morgan fingerprint density at radius 2 is 1.82 bits per heavy atom. The molecule has 0 spiro atoms. The molecule has 2 aromatic rings. The maximum Gasteiger partial charge on any atom is 0.172 e. The zero-order valence-corrected chi connectivity index (χ0v) is 27.6. The van der Waals surface area contributed by atoms with Crippen molar-refractivity contribution in [3.05, 3.63) is 46.3 Å². The van der Waals surface area contributed by atoms with Gasteiger partial charge in [0.25, 0.3) is 0 Å². The molecule has 1 aromatic carbocycles. The van der Waals surface area contributed by atoms with E-state index in [-0.39, 0.29) is 40.4 Å². The van der Waals surface area contributed by atoms with E-state index in [9.17, 15) is 15.0 Å². The van der Waals surface area contributed by atoms with Crippen LogP contribution in [-0.4, -0.2) is 80.7 Å². The number of aliphatic hydroxyl groups is 1. The number of nitrogens with zero attached hydrogens (tertiary/aromatic N) is 4. The van der Waals surface area contributed by atoms with E-state index >= 15 is 0 Å². The summed E-state index contributed by atoms with van der Waals surface area (Å²) >= 11 is 6.13. The number of hydrogen-bond donors (Lipinski definition) is 6. The first-order chi connectivity index (χ1) is 21.4. The summed E-state index contributed by atoms with van der Waals surface area (Å²) in [6, 6.07) is 5.37. The van der Waals surface area contributed by atoms with Crippen LogP contribution < -0.4 is 16.8 Å². The molecule has 11 nitrogen and oxygen atoms in total. The largest absolute Gasteiger partial charge is 0.511 e. The van der Waals surface area contributed by atoms with E-state index in [1.807, 2.05) is 37.3 Å². The van der Waals surface area contributed by atoms with Gasteiger partial charge >= 0.3 is 0 Å². The van der Waals surface area contributed by atoms with Gasteiger partial charge < -0.3 is 41.6 Å². The summed E-state index contributed by atoms with van der Waals surface area (Å²) in [7, 11) is 0. The molecule has 3 heterocycles. The molecule has 8 N–H and O–H groups in total. The van der Waals surface area contributed by atoms with E-state index in [4.69, 9.17) is 33.6 Å². The number of nitrogen functional groups attached to an aromatic ring is 1. The lowest BCUT2D eigenvalue weighted by Crippen LogP contribution is -2.43. The minimum atomic E-state index is -0.581. The van der Waals surface area contributed by atoms with Crippen molar-refractivity contribution < 1.29 is 15.0 Å². The SMILES string of the molecule is CC(C)Nc1nn(C2CCN(CC3CCN(C(=N)/C=C(\O)C(C=O)C(C)C)CC3)CC2)c(/C=C(\N)c2cccc(Cl)c2O)c1N. The number of phenols is 1. The number of phenolic OH excluding ortho intramolecular Hbond substituents is 1. The van der Waals surface area contributed by atoms with Crippen molar-refractivity contribution in [3.8, 4) is 5.75 Å². The van der Waals surface area contributed by atoms with Crippen molar-refractivity contribution in [1.82, 2.24) is 19.6 Å². The number of aldehydes is 1. The predicted octanol–water partition coefficient (Wildman–Crippen LogP) is 5.34. The molecule has 2 aliphatic rings. The third-order valence-electron chi connectivity index (χ3n) is 8.87. The number of carbonyl (C=O) groups excluding carboxylic acids is 1. The van der Waals surface area contributed by atoms with Gasteiger partial charge in [0, 0.05) is 56.1 Å². The van der Waals surface area contributed by atoms with Gasteiger partial charge in [-0.3, -0.25) is 10.1 Å². The number of hydrogen-bond acceptors (Lipinski definition) is 9. The first-order valence-electron chi connectivity index (χ1n) is 15.9. The Morgan fingerprint density at radius 3 is 2.42 bits per heavy atom. The molecule has 0 saturated carbocycles. The van der Waals surface area contributed by atoms with Gasteiger partial charge in [-0.15, -0.1) is 0 Å². The monoisotopic (exact) mass is 640 g/mol. The number of aromatic hydroxyl groups is 1. The van der Waals surface area contributed by atoms with Crippen LogP contribution in [0.15, 0.2) is 30.0 Å². The average molecular weight is 641 g/mol. The highest BCUT2D eigenvalue weighted by Gasteiger charge is 2.29. The van der Waals surface area contributed by atoms with Crippen molar-refractivity contribution in [2.45, 2.75) is 65.5 Å². The van der Waals surface area contributed by atoms with Crippen LogP contribution in [0.25, 0.3) is 11.8 Å². The molecule has 0 bridgehead atoms. The molecule has 0 aliphatic carbocycles. The maximum absolute atomic E-state index is 11.3. The Bertz CT molecular complexity index is 1400. The lowest BCUT2D eigenvalue weighted by atomic mass is 9.93. The van der Waals surface area contributed by atoms with Crippen LogP contribution in [0.2, 0.25) is 5.02 Å². The number of piperidine rings is 2. The summed E-state index contributed by atoms with van der Waals surface area (Å²) in [6.45, 7) is 12.2. The average Bonchev–Trinajstić information content (AvgIpc) is 3.28. The van der Waals surface area contributed by atoms with Gasteiger partial charge in [0.05, 0.1) is 22.7 Å². The Labute approximate surface area is 271 Å². The number of aliphatic hydroxyl groups excluding tert-OH is 1. The Balaban J connectivity index is 1.38. The molecule has 4 rings (SSSR count). The second kappa shape index (κ2) is 15.1. The zero-order chi connectivity index (χ0) is 32.8. The van der Waals surface area contributed by atoms with Crippen LogP contribution in [0.1, 0.15) is 70.7 Å². The lowest BCUT2D eigenvalue weighted by molar-refractivity contribution is -0.111. The highest BCUT2D eigenvalue weighted by Crippen LogP contribution is 2.35. The number of anilines is 2. The molecule has 2 saturated heterocycles. The van der Waals surface area contributed by atoms with Crippen LogP contribution in [0, 0.1) is 23.2 Å². The number of benzene rings is 1. The predicted molar refractivity (Wildman–Crippen MR) is 182 cm³/mol. The van der Waals surface area contributed by atoms with Crippen molar-refractivity contribution in [2.75, 3.05) is 43.8 Å². The van der Waals surface area contributed by atoms with E-state index < -0.39 is 5.92 Å². The van der Waals surface area contributed by atoms with E-state index in [0.717, 1.165) is 64.7 Å². The molecular weight excluding hydrogens is 592 g/mol. The fraction of sp³-hybridized carbons (Fsp3) is 0.545. The molecule has 246 valence electrons. The number of allylic oxidation sites excluding steroid dienone is 1. The van der Waals surface area contributed by atoms with Gasteiger partial charge in [0.15, 0.2) is 5.82 Å². The van der Waals surface area contributed by atoms with Gasteiger partial charge in [0.2, 0.25) is 0 Å². The summed E-state index contributed by atoms with van der Waals surface area (Å²) in [5.74, 6) is 0.713. The Hall–Kier alpha value is -3.70. The molecule has 2 fully saturated rings. The minimum Gasteiger partial charge on any atom is -0.511 e. The van der Waals surface area contributed by atoms with Gasteiger partial charge in [-0.05, 0) is 69.6 Å². The first-order valence-corrected chi connectivity index (χ1v) is 16.3. The van der Waals surface area contributed by atoms with Crippen LogP contribution in [0.3, 0.4) is 0 Å². The normalized spacial score (nSPS) is 18.5. The Morgan fingerprint density at radius 1 is 1.16 bits per heavy atom. The summed E-state index contributed by atoms with van der Waals surface area (Å²) in [4.78, 5) is 15.8. The molecule has 0 amide bonds. The number of para-hydroxylation sites is 1. The van der Waals surface area contributed by atoms with E-state index in [1.54, 1.807) is 24.3 Å². The molecule has 1 atom stereocenters. The Kier molecular flexibility index (Phi) is 11.4. The number of likely N-dealkylation sites (tertiary alicyclic amines) is 2. The van der Waals surface area contributed by atoms with Gasteiger partial charge in [-0.1, -0.05) is 31.5 Å². The zero-order valence-electron chi connectivity index (χ0n) is 26.8. The third-order valence-corrected chi connectivity index (χ3v) is 9.17. The van der Waals surface area contributed by atoms with Crippen molar-refractivity contribution >= 4 is 47.0 Å². The van der Waals surface area contributed by atoms with Crippen LogP contribution >= 0.6 is 11.6 Å². The number of halogens is 1. The lowest BCUT2D eigenvalue weighted by Gasteiger charge is -2.38. The molecule has 0 radical (unpaired) electrons. The molecule has 12 heteroatoms. The smallest absolute Gasteiger partial charge is 0.172 e. The van der Waals surface area contributed by atoms with Gasteiger partial charge in [-0.25, -0.2) is 0 Å². The van der Waals surface area contributed by atoms with Crippen LogP contribution in [-0.2, 0) is 4.79 Å². The standard InChI is InChI=1S/C33H49ClN8O3/c1-20(2)25(19-43)29(44)17-30(36)41-14-8-22(9-15-41)18-40-12-10-23(11-13-40)42-28(31(37)33(39-42)38-21(3)4)16-27(35)24-6-5-7-26(34)32(24)45/h5-7,16-17,19-23,25,36,44-45H,8-15,18,35,37H2,1-4H3,(H,38,39)/b27-16-,29-17-,36-30?. The number of aromatic nitrogens is 2. The third kappa shape index (κ3) is 8.32. The second-order valence-electron chi connectivity index (χ2n) is 12.9. The fourth-order valence-electron chi connectivity index (χ4n) is 6.20. The van der Waals surface area contributed by atoms with Crippen molar-refractivity contribution in [3.63, 3.8) is 0 Å². The van der Waals surface area contributed by atoms with E-state index in [1.165, 1.54) is 6.08 Å². The molecular formula is C33H49ClN8O3. The van der Waals surface area contributed by atoms with Crippen molar-refractivity contribution in [2.24, 2.45) is 23.5 Å². The topological polar surface area (TPSA) is 170 Å². The van der Waals surface area contributed by atoms with Crippen LogP contribution in [0.4, 0.5) is 11.5 Å². The molecule has 45 heavy (non-hydrogen) atoms. The maximum atomic E-state index is 11.3. The van der Waals surface area contributed by atoms with Gasteiger partial charge in [0.1, 0.15) is 29.3 Å². The van der Waals surface area contributed by atoms with E-state index in [0.29, 0.717) is 34.4 Å². The summed E-state index contributed by atoms with van der Waals surface area (Å²) in [5.41, 5.74) is 15.1. The summed E-state index contributed by atoms with van der Waals surface area (Å²) < 4.78 is 1.98. The van der Waals surface area contributed by atoms with E-state index in [2.05, 4.69) is 10.2 Å². The highest BCUT2D eigenvalue weighted by atomic mass is 35.5. The van der Waals surface area contributed by atoms with Gasteiger partial charge in [-0.2, -0.15) is 5.10 Å². The molecule has 2 aliphatic heterocycles. The summed E-state index contributed by atoms with van der Waals surface area (Å²) in [5, 5.41) is 37.7. The fourth-order valence-corrected chi connectivity index (χ4v) is 6.37. The highest BCUT2D eigenvalue weighted by molar-refractivity contribution is 6.32. The summed E-state index contributed by atoms with van der Waals surface area (Å²) in [6.07, 6.45) is 7.73. The second-order valence-corrected chi connectivity index (χ2v) is 13.4. The number of amidine groups is 1.